The third-order valence-electron chi connectivity index (χ3n) is 4.90. The van der Waals surface area contributed by atoms with Gasteiger partial charge in [-0.25, -0.2) is 0 Å². The number of anilines is 1. The number of hydrogen-bond donors (Lipinski definition) is 1. The lowest BCUT2D eigenvalue weighted by atomic mass is 10.0. The third-order valence-corrected chi connectivity index (χ3v) is 4.90. The molecule has 6 heteroatoms. The van der Waals surface area contributed by atoms with Crippen LogP contribution in [-0.2, 0) is 14.3 Å². The Hall–Kier alpha value is -3.12. The average molecular weight is 423 g/mol. The molecule has 0 atom stereocenters. The normalized spacial score (nSPS) is 14.0. The van der Waals surface area contributed by atoms with Crippen molar-refractivity contribution in [3.63, 3.8) is 0 Å². The highest BCUT2D eigenvalue weighted by atomic mass is 16.5. The van der Waals surface area contributed by atoms with Crippen molar-refractivity contribution >= 4 is 23.1 Å². The molecule has 0 aromatic heterocycles. The van der Waals surface area contributed by atoms with E-state index in [0.29, 0.717) is 48.8 Å². The zero-order valence-corrected chi connectivity index (χ0v) is 18.6. The molecule has 3 rings (SSSR count). The van der Waals surface area contributed by atoms with E-state index in [4.69, 9.17) is 9.47 Å². The molecule has 1 aliphatic rings. The van der Waals surface area contributed by atoms with E-state index in [-0.39, 0.29) is 23.6 Å². The van der Waals surface area contributed by atoms with Gasteiger partial charge in [-0.3, -0.25) is 14.5 Å². The van der Waals surface area contributed by atoms with Crippen LogP contribution >= 0.6 is 0 Å². The molecule has 1 heterocycles. The fraction of sp³-hybridized carbons (Fsp3) is 0.360. The minimum absolute atomic E-state index is 0.112. The molecule has 2 aromatic carbocycles. The molecular formula is C25H30N2O4. The Morgan fingerprint density at radius 3 is 2.45 bits per heavy atom. The van der Waals surface area contributed by atoms with Gasteiger partial charge in [0.2, 0.25) is 0 Å². The molecule has 0 aliphatic carbocycles. The second-order valence-corrected chi connectivity index (χ2v) is 7.74. The summed E-state index contributed by atoms with van der Waals surface area (Å²) in [5.41, 5.74) is 3.16. The maximum absolute atomic E-state index is 13.2. The molecule has 0 saturated heterocycles. The molecule has 1 N–H and O–H groups in total. The quantitative estimate of drug-likeness (QED) is 0.454. The summed E-state index contributed by atoms with van der Waals surface area (Å²) in [4.78, 5) is 27.8. The number of nitrogens with one attached hydrogen (secondary N) is 1. The van der Waals surface area contributed by atoms with Crippen molar-refractivity contribution in [2.75, 3.05) is 25.1 Å². The molecule has 1 aliphatic heterocycles. The molecule has 2 amide bonds. The van der Waals surface area contributed by atoms with E-state index in [1.165, 1.54) is 4.90 Å². The van der Waals surface area contributed by atoms with E-state index < -0.39 is 0 Å². The van der Waals surface area contributed by atoms with Crippen molar-refractivity contribution in [1.82, 2.24) is 4.90 Å². The van der Waals surface area contributed by atoms with Gasteiger partial charge in [-0.15, -0.1) is 0 Å². The summed E-state index contributed by atoms with van der Waals surface area (Å²) in [6, 6.07) is 15.0. The molecule has 0 saturated carbocycles. The summed E-state index contributed by atoms with van der Waals surface area (Å²) in [6.45, 7) is 9.17. The summed E-state index contributed by atoms with van der Waals surface area (Å²) in [5, 5.41) is 3.18. The van der Waals surface area contributed by atoms with Crippen molar-refractivity contribution in [2.45, 2.75) is 40.2 Å². The molecule has 0 unspecified atom stereocenters. The van der Waals surface area contributed by atoms with Crippen LogP contribution in [0.15, 0.2) is 54.2 Å². The molecule has 31 heavy (non-hydrogen) atoms. The highest BCUT2D eigenvalue weighted by Gasteiger charge is 2.38. The van der Waals surface area contributed by atoms with E-state index in [2.05, 4.69) is 5.32 Å². The van der Waals surface area contributed by atoms with Crippen LogP contribution in [-0.4, -0.2) is 42.6 Å². The minimum atomic E-state index is -0.327. The van der Waals surface area contributed by atoms with Gasteiger partial charge in [0, 0.05) is 24.9 Å². The predicted molar refractivity (Wildman–Crippen MR) is 122 cm³/mol. The zero-order valence-electron chi connectivity index (χ0n) is 18.6. The van der Waals surface area contributed by atoms with Crippen molar-refractivity contribution in [3.8, 4) is 5.75 Å². The predicted octanol–water partition coefficient (Wildman–Crippen LogP) is 4.40. The van der Waals surface area contributed by atoms with Gasteiger partial charge in [0.05, 0.1) is 18.3 Å². The highest BCUT2D eigenvalue weighted by Crippen LogP contribution is 2.31. The van der Waals surface area contributed by atoms with Gasteiger partial charge >= 0.3 is 0 Å². The first-order valence-corrected chi connectivity index (χ1v) is 10.7. The van der Waals surface area contributed by atoms with Crippen molar-refractivity contribution < 1.29 is 19.1 Å². The van der Waals surface area contributed by atoms with Gasteiger partial charge in [0.15, 0.2) is 0 Å². The average Bonchev–Trinajstić information content (AvgIpc) is 2.96. The molecule has 2 aromatic rings. The number of ether oxygens (including phenoxy) is 2. The number of rotatable bonds is 10. The van der Waals surface area contributed by atoms with Gasteiger partial charge in [0.1, 0.15) is 11.4 Å². The van der Waals surface area contributed by atoms with Crippen LogP contribution in [0.25, 0.3) is 5.57 Å². The van der Waals surface area contributed by atoms with Crippen LogP contribution in [0.4, 0.5) is 5.69 Å². The smallest absolute Gasteiger partial charge is 0.278 e. The van der Waals surface area contributed by atoms with Crippen LogP contribution < -0.4 is 10.1 Å². The van der Waals surface area contributed by atoms with Crippen LogP contribution in [0.5, 0.6) is 5.75 Å². The van der Waals surface area contributed by atoms with Crippen molar-refractivity contribution in [3.05, 3.63) is 65.4 Å². The standard InChI is InChI=1S/C25H30N2O4/c1-5-30-21-9-6-8-20(16-21)26-23-22(19-12-10-18(4)11-13-19)24(28)27(25(23)29)14-7-15-31-17(2)3/h6,8-13,16-17,26H,5,7,14-15H2,1-4H3. The van der Waals surface area contributed by atoms with Crippen LogP contribution in [0.1, 0.15) is 38.3 Å². The number of carbonyl (C=O) groups excluding carboxylic acids is 2. The fourth-order valence-corrected chi connectivity index (χ4v) is 3.40. The van der Waals surface area contributed by atoms with Crippen LogP contribution in [0, 0.1) is 6.92 Å². The van der Waals surface area contributed by atoms with Gasteiger partial charge in [-0.2, -0.15) is 0 Å². The van der Waals surface area contributed by atoms with Crippen LogP contribution in [0.2, 0.25) is 0 Å². The van der Waals surface area contributed by atoms with E-state index in [0.717, 1.165) is 5.56 Å². The Balaban J connectivity index is 1.89. The number of aryl methyl sites for hydroxylation is 1. The molecule has 6 nitrogen and oxygen atoms in total. The number of carbonyl (C=O) groups is 2. The largest absolute Gasteiger partial charge is 0.494 e. The lowest BCUT2D eigenvalue weighted by Gasteiger charge is -2.16. The maximum Gasteiger partial charge on any atom is 0.278 e. The van der Waals surface area contributed by atoms with Gasteiger partial charge < -0.3 is 14.8 Å². The Kier molecular flexibility index (Phi) is 7.47. The second-order valence-electron chi connectivity index (χ2n) is 7.74. The van der Waals surface area contributed by atoms with Gasteiger partial charge in [-0.1, -0.05) is 35.9 Å². The number of benzene rings is 2. The summed E-state index contributed by atoms with van der Waals surface area (Å²) < 4.78 is 11.1. The summed E-state index contributed by atoms with van der Waals surface area (Å²) in [7, 11) is 0. The first-order valence-electron chi connectivity index (χ1n) is 10.7. The Bertz CT molecular complexity index is 964. The molecule has 0 radical (unpaired) electrons. The lowest BCUT2D eigenvalue weighted by molar-refractivity contribution is -0.137. The number of amides is 2. The van der Waals surface area contributed by atoms with Gasteiger partial charge in [-0.05, 0) is 51.8 Å². The van der Waals surface area contributed by atoms with Gasteiger partial charge in [0.25, 0.3) is 11.8 Å². The van der Waals surface area contributed by atoms with E-state index in [1.54, 1.807) is 0 Å². The van der Waals surface area contributed by atoms with E-state index >= 15 is 0 Å². The highest BCUT2D eigenvalue weighted by molar-refractivity contribution is 6.36. The first kappa shape index (κ1) is 22.6. The lowest BCUT2D eigenvalue weighted by Crippen LogP contribution is -2.34. The number of nitrogens with zero attached hydrogens (tertiary/aromatic N) is 1. The Morgan fingerprint density at radius 1 is 1.03 bits per heavy atom. The topological polar surface area (TPSA) is 67.9 Å². The number of hydrogen-bond acceptors (Lipinski definition) is 5. The molecule has 0 spiro atoms. The summed E-state index contributed by atoms with van der Waals surface area (Å²) in [6.07, 6.45) is 0.699. The SMILES string of the molecule is CCOc1cccc(NC2=C(c3ccc(C)cc3)C(=O)N(CCCOC(C)C)C2=O)c1. The maximum atomic E-state index is 13.2. The van der Waals surface area contributed by atoms with Crippen LogP contribution in [0.3, 0.4) is 0 Å². The van der Waals surface area contributed by atoms with Crippen molar-refractivity contribution in [1.29, 1.82) is 0 Å². The zero-order chi connectivity index (χ0) is 22.4. The summed E-state index contributed by atoms with van der Waals surface area (Å²) >= 11 is 0. The monoisotopic (exact) mass is 422 g/mol. The Morgan fingerprint density at radius 2 is 1.77 bits per heavy atom. The first-order chi connectivity index (χ1) is 14.9. The van der Waals surface area contributed by atoms with E-state index in [9.17, 15) is 9.59 Å². The molecule has 0 bridgehead atoms. The van der Waals surface area contributed by atoms with E-state index in [1.807, 2.05) is 76.2 Å². The summed E-state index contributed by atoms with van der Waals surface area (Å²) in [5.74, 6) is 0.0817. The molecule has 164 valence electrons. The Labute approximate surface area is 183 Å². The third kappa shape index (κ3) is 5.52. The number of imide groups is 1. The molecular weight excluding hydrogens is 392 g/mol. The second kappa shape index (κ2) is 10.3. The minimum Gasteiger partial charge on any atom is -0.494 e. The van der Waals surface area contributed by atoms with Crippen molar-refractivity contribution in [2.24, 2.45) is 0 Å². The fourth-order valence-electron chi connectivity index (χ4n) is 3.40. The molecule has 0 fully saturated rings.